The molecule has 0 aliphatic carbocycles. The van der Waals surface area contributed by atoms with Crippen molar-refractivity contribution in [2.45, 2.75) is 13.3 Å². The first kappa shape index (κ1) is 13.9. The summed E-state index contributed by atoms with van der Waals surface area (Å²) in [7, 11) is 1.46. The Balaban J connectivity index is 2.95. The van der Waals surface area contributed by atoms with E-state index in [-0.39, 0.29) is 5.88 Å². The van der Waals surface area contributed by atoms with Gasteiger partial charge in [0.1, 0.15) is 11.6 Å². The Kier molecular flexibility index (Phi) is 5.34. The van der Waals surface area contributed by atoms with Gasteiger partial charge in [-0.2, -0.15) is 4.98 Å². The lowest BCUT2D eigenvalue weighted by atomic mass is 10.4. The van der Waals surface area contributed by atoms with Crippen LogP contribution in [0.2, 0.25) is 0 Å². The normalized spacial score (nSPS) is 10.7. The summed E-state index contributed by atoms with van der Waals surface area (Å²) in [6, 6.07) is 1.52. The summed E-state index contributed by atoms with van der Waals surface area (Å²) in [5.41, 5.74) is 0. The molecule has 1 aromatic rings. The van der Waals surface area contributed by atoms with E-state index in [1.165, 1.54) is 18.1 Å². The molecule has 0 atom stereocenters. The van der Waals surface area contributed by atoms with E-state index in [1.807, 2.05) is 0 Å². The number of hydrogen-bond acceptors (Lipinski definition) is 4. The molecule has 0 aliphatic rings. The van der Waals surface area contributed by atoms with Crippen LogP contribution < -0.4 is 9.64 Å². The largest absolute Gasteiger partial charge is 0.481 e. The minimum atomic E-state index is -2.44. The van der Waals surface area contributed by atoms with Gasteiger partial charge < -0.3 is 9.64 Å². The van der Waals surface area contributed by atoms with Gasteiger partial charge in [0.25, 0.3) is 6.43 Å². The first-order chi connectivity index (χ1) is 8.06. The molecule has 4 nitrogen and oxygen atoms in total. The lowest BCUT2D eigenvalue weighted by Gasteiger charge is -2.22. The Bertz CT molecular complexity index is 365. The average Bonchev–Trinajstić information content (AvgIpc) is 2.27. The summed E-state index contributed by atoms with van der Waals surface area (Å²) in [4.78, 5) is 9.50. The summed E-state index contributed by atoms with van der Waals surface area (Å²) >= 11 is 5.58. The van der Waals surface area contributed by atoms with Crippen molar-refractivity contribution < 1.29 is 13.5 Å². The van der Waals surface area contributed by atoms with E-state index in [4.69, 9.17) is 16.3 Å². The molecule has 0 saturated carbocycles. The zero-order valence-corrected chi connectivity index (χ0v) is 10.4. The first-order valence-electron chi connectivity index (χ1n) is 5.05. The van der Waals surface area contributed by atoms with Gasteiger partial charge in [0.2, 0.25) is 5.88 Å². The summed E-state index contributed by atoms with van der Waals surface area (Å²) in [6.45, 7) is 1.56. The smallest absolute Gasteiger partial charge is 0.255 e. The Morgan fingerprint density at radius 2 is 2.18 bits per heavy atom. The van der Waals surface area contributed by atoms with E-state index in [9.17, 15) is 8.78 Å². The molecule has 0 unspecified atom stereocenters. The van der Waals surface area contributed by atoms with Crippen LogP contribution in [0, 0.1) is 6.92 Å². The number of halogens is 3. The molecule has 1 aromatic heterocycles. The molecule has 1 rings (SSSR count). The standard InChI is InChI=1S/C10H14ClF2N3O/c1-7-14-9(5-10(15-7)17-2)16(4-3-11)6-8(12)13/h5,8H,3-4,6H2,1-2H3. The highest BCUT2D eigenvalue weighted by molar-refractivity contribution is 6.18. The van der Waals surface area contributed by atoms with Crippen molar-refractivity contribution >= 4 is 17.4 Å². The minimum absolute atomic E-state index is 0.248. The highest BCUT2D eigenvalue weighted by Gasteiger charge is 2.15. The molecule has 0 N–H and O–H groups in total. The maximum atomic E-state index is 12.4. The van der Waals surface area contributed by atoms with Crippen molar-refractivity contribution in [3.05, 3.63) is 11.9 Å². The number of rotatable bonds is 6. The molecule has 0 aliphatic heterocycles. The van der Waals surface area contributed by atoms with E-state index in [0.29, 0.717) is 24.1 Å². The van der Waals surface area contributed by atoms with Crippen molar-refractivity contribution in [1.82, 2.24) is 9.97 Å². The van der Waals surface area contributed by atoms with E-state index in [0.717, 1.165) is 0 Å². The second kappa shape index (κ2) is 6.54. The van der Waals surface area contributed by atoms with E-state index < -0.39 is 13.0 Å². The molecule has 1 heterocycles. The van der Waals surface area contributed by atoms with E-state index in [1.54, 1.807) is 6.92 Å². The van der Waals surface area contributed by atoms with Gasteiger partial charge in [-0.15, -0.1) is 11.6 Å². The quantitative estimate of drug-likeness (QED) is 0.739. The van der Waals surface area contributed by atoms with E-state index in [2.05, 4.69) is 9.97 Å². The molecule has 0 amide bonds. The first-order valence-corrected chi connectivity index (χ1v) is 5.59. The SMILES string of the molecule is COc1cc(N(CCCl)CC(F)F)nc(C)n1. The van der Waals surface area contributed by atoms with Crippen LogP contribution in [0.4, 0.5) is 14.6 Å². The van der Waals surface area contributed by atoms with Crippen molar-refractivity contribution in [2.75, 3.05) is 31.0 Å². The van der Waals surface area contributed by atoms with Gasteiger partial charge in [0.05, 0.1) is 13.7 Å². The second-order valence-corrected chi connectivity index (χ2v) is 3.72. The molecule has 0 fully saturated rings. The number of aryl methyl sites for hydroxylation is 1. The zero-order chi connectivity index (χ0) is 12.8. The molecule has 0 radical (unpaired) electrons. The highest BCUT2D eigenvalue weighted by Crippen LogP contribution is 2.18. The minimum Gasteiger partial charge on any atom is -0.481 e. The molecule has 0 aromatic carbocycles. The van der Waals surface area contributed by atoms with Crippen LogP contribution in [0.1, 0.15) is 5.82 Å². The van der Waals surface area contributed by atoms with Crippen LogP contribution in [-0.4, -0.2) is 42.5 Å². The van der Waals surface area contributed by atoms with Crippen molar-refractivity contribution in [2.24, 2.45) is 0 Å². The van der Waals surface area contributed by atoms with Gasteiger partial charge in [-0.1, -0.05) is 0 Å². The number of ether oxygens (including phenoxy) is 1. The van der Waals surface area contributed by atoms with Gasteiger partial charge in [0.15, 0.2) is 0 Å². The highest BCUT2D eigenvalue weighted by atomic mass is 35.5. The van der Waals surface area contributed by atoms with Gasteiger partial charge in [-0.05, 0) is 6.92 Å². The molecule has 17 heavy (non-hydrogen) atoms. The third kappa shape index (κ3) is 4.30. The van der Waals surface area contributed by atoms with Crippen LogP contribution in [0.3, 0.4) is 0 Å². The molecule has 0 spiro atoms. The van der Waals surface area contributed by atoms with Crippen LogP contribution in [0.25, 0.3) is 0 Å². The number of alkyl halides is 3. The van der Waals surface area contributed by atoms with Crippen LogP contribution in [0.5, 0.6) is 5.88 Å². The van der Waals surface area contributed by atoms with Gasteiger partial charge in [0, 0.05) is 18.5 Å². The molecular weight excluding hydrogens is 252 g/mol. The summed E-state index contributed by atoms with van der Waals surface area (Å²) in [6.07, 6.45) is -2.44. The van der Waals surface area contributed by atoms with Gasteiger partial charge in [-0.3, -0.25) is 0 Å². The Hall–Kier alpha value is -1.17. The number of hydrogen-bond donors (Lipinski definition) is 0. The van der Waals surface area contributed by atoms with Crippen molar-refractivity contribution in [3.8, 4) is 5.88 Å². The van der Waals surface area contributed by atoms with Crippen molar-refractivity contribution in [1.29, 1.82) is 0 Å². The number of aromatic nitrogens is 2. The fourth-order valence-corrected chi connectivity index (χ4v) is 1.56. The van der Waals surface area contributed by atoms with Crippen LogP contribution >= 0.6 is 11.6 Å². The third-order valence-electron chi connectivity index (χ3n) is 2.05. The van der Waals surface area contributed by atoms with Gasteiger partial charge in [-0.25, -0.2) is 13.8 Å². The lowest BCUT2D eigenvalue weighted by Crippen LogP contribution is -2.31. The Labute approximate surface area is 104 Å². The maximum Gasteiger partial charge on any atom is 0.255 e. The molecule has 96 valence electrons. The second-order valence-electron chi connectivity index (χ2n) is 3.34. The lowest BCUT2D eigenvalue weighted by molar-refractivity contribution is 0.155. The Morgan fingerprint density at radius 3 is 2.71 bits per heavy atom. The third-order valence-corrected chi connectivity index (χ3v) is 2.22. The summed E-state index contributed by atoms with van der Waals surface area (Å²) < 4.78 is 29.8. The van der Waals surface area contributed by atoms with Gasteiger partial charge >= 0.3 is 0 Å². The Morgan fingerprint density at radius 1 is 1.47 bits per heavy atom. The monoisotopic (exact) mass is 265 g/mol. The number of methoxy groups -OCH3 is 1. The van der Waals surface area contributed by atoms with E-state index >= 15 is 0 Å². The fraction of sp³-hybridized carbons (Fsp3) is 0.600. The van der Waals surface area contributed by atoms with Crippen molar-refractivity contribution in [3.63, 3.8) is 0 Å². The molecule has 0 bridgehead atoms. The average molecular weight is 266 g/mol. The topological polar surface area (TPSA) is 38.2 Å². The molecular formula is C10H14ClF2N3O. The predicted octanol–water partition coefficient (Wildman–Crippen LogP) is 2.10. The summed E-state index contributed by atoms with van der Waals surface area (Å²) in [5, 5.41) is 0. The zero-order valence-electron chi connectivity index (χ0n) is 9.66. The van der Waals surface area contributed by atoms with Crippen LogP contribution in [-0.2, 0) is 0 Å². The predicted molar refractivity (Wildman–Crippen MR) is 62.3 cm³/mol. The number of anilines is 1. The number of nitrogens with zero attached hydrogens (tertiary/aromatic N) is 3. The molecule has 0 saturated heterocycles. The molecule has 7 heteroatoms. The fourth-order valence-electron chi connectivity index (χ4n) is 1.36. The van der Waals surface area contributed by atoms with Crippen LogP contribution in [0.15, 0.2) is 6.07 Å². The maximum absolute atomic E-state index is 12.4. The summed E-state index contributed by atoms with van der Waals surface area (Å²) in [5.74, 6) is 1.46.